The first kappa shape index (κ1) is 15.7. The van der Waals surface area contributed by atoms with E-state index in [1.54, 1.807) is 11.3 Å². The van der Waals surface area contributed by atoms with Gasteiger partial charge in [-0.05, 0) is 43.3 Å². The molecule has 0 radical (unpaired) electrons. The lowest BCUT2D eigenvalue weighted by Crippen LogP contribution is -2.41. The maximum absolute atomic E-state index is 9.62. The average Bonchev–Trinajstić information content (AvgIpc) is 3.05. The van der Waals surface area contributed by atoms with Crippen LogP contribution in [0.25, 0.3) is 10.4 Å². The smallest absolute Gasteiger partial charge is 0.107 e. The Bertz CT molecular complexity index is 582. The molecule has 0 amide bonds. The van der Waals surface area contributed by atoms with E-state index < -0.39 is 0 Å². The zero-order valence-corrected chi connectivity index (χ0v) is 14.0. The van der Waals surface area contributed by atoms with Gasteiger partial charge in [-0.2, -0.15) is 0 Å². The van der Waals surface area contributed by atoms with Crippen molar-refractivity contribution in [3.05, 3.63) is 41.5 Å². The van der Waals surface area contributed by atoms with Crippen molar-refractivity contribution in [2.75, 3.05) is 19.7 Å². The summed E-state index contributed by atoms with van der Waals surface area (Å²) >= 11 is 1.79. The number of hydrogen-bond donors (Lipinski definition) is 1. The Hall–Kier alpha value is -1.23. The lowest BCUT2D eigenvalue weighted by molar-refractivity contribution is 0.0382. The van der Waals surface area contributed by atoms with Crippen LogP contribution in [0.5, 0.6) is 0 Å². The van der Waals surface area contributed by atoms with E-state index in [-0.39, 0.29) is 5.41 Å². The van der Waals surface area contributed by atoms with Crippen LogP contribution < -0.4 is 0 Å². The second-order valence-corrected chi connectivity index (χ2v) is 7.39. The maximum Gasteiger partial charge on any atom is 0.107 e. The third-order valence-electron chi connectivity index (χ3n) is 4.97. The molecule has 118 valence electrons. The fraction of sp³-hybridized carbons (Fsp3) is 0.500. The van der Waals surface area contributed by atoms with Gasteiger partial charge in [0.1, 0.15) is 5.01 Å². The zero-order chi connectivity index (χ0) is 15.4. The Kier molecular flexibility index (Phi) is 4.91. The van der Waals surface area contributed by atoms with Gasteiger partial charge in [0.25, 0.3) is 0 Å². The Morgan fingerprint density at radius 2 is 1.95 bits per heavy atom. The Morgan fingerprint density at radius 3 is 2.59 bits per heavy atom. The number of rotatable bonds is 5. The molecule has 0 spiro atoms. The lowest BCUT2D eigenvalue weighted by atomic mass is 9.77. The standard InChI is InChI=1S/C18H24N2OS/c1-2-18(14-21)8-10-20(11-9-18)13-17-19-12-16(22-17)15-6-4-3-5-7-15/h3-7,12,21H,2,8-11,13-14H2,1H3. The highest BCUT2D eigenvalue weighted by Gasteiger charge is 2.32. The largest absolute Gasteiger partial charge is 0.396 e. The van der Waals surface area contributed by atoms with Gasteiger partial charge in [0.2, 0.25) is 0 Å². The molecular weight excluding hydrogens is 292 g/mol. The van der Waals surface area contributed by atoms with E-state index in [4.69, 9.17) is 0 Å². The van der Waals surface area contributed by atoms with E-state index in [9.17, 15) is 5.11 Å². The summed E-state index contributed by atoms with van der Waals surface area (Å²) in [5.41, 5.74) is 1.41. The summed E-state index contributed by atoms with van der Waals surface area (Å²) in [6.45, 7) is 5.58. The molecule has 0 aliphatic carbocycles. The van der Waals surface area contributed by atoms with Crippen LogP contribution in [0.2, 0.25) is 0 Å². The van der Waals surface area contributed by atoms with Gasteiger partial charge in [-0.25, -0.2) is 4.98 Å². The number of thiazole rings is 1. The predicted octanol–water partition coefficient (Wildman–Crippen LogP) is 3.79. The summed E-state index contributed by atoms with van der Waals surface area (Å²) in [6, 6.07) is 10.4. The van der Waals surface area contributed by atoms with Crippen molar-refractivity contribution in [1.82, 2.24) is 9.88 Å². The number of piperidine rings is 1. The van der Waals surface area contributed by atoms with Crippen LogP contribution in [0.3, 0.4) is 0 Å². The summed E-state index contributed by atoms with van der Waals surface area (Å²) in [5, 5.41) is 10.8. The number of aromatic nitrogens is 1. The molecule has 3 rings (SSSR count). The fourth-order valence-electron chi connectivity index (χ4n) is 3.12. The van der Waals surface area contributed by atoms with Crippen LogP contribution >= 0.6 is 11.3 Å². The molecule has 1 aliphatic rings. The Morgan fingerprint density at radius 1 is 1.23 bits per heavy atom. The molecular formula is C18H24N2OS. The van der Waals surface area contributed by atoms with Gasteiger partial charge >= 0.3 is 0 Å². The molecule has 0 bridgehead atoms. The van der Waals surface area contributed by atoms with E-state index >= 15 is 0 Å². The highest BCUT2D eigenvalue weighted by molar-refractivity contribution is 7.15. The third-order valence-corrected chi connectivity index (χ3v) is 6.00. The average molecular weight is 316 g/mol. The number of benzene rings is 1. The summed E-state index contributed by atoms with van der Waals surface area (Å²) < 4.78 is 0. The van der Waals surface area contributed by atoms with Crippen molar-refractivity contribution < 1.29 is 5.11 Å². The SMILES string of the molecule is CCC1(CO)CCN(Cc2ncc(-c3ccccc3)s2)CC1. The zero-order valence-electron chi connectivity index (χ0n) is 13.2. The molecule has 1 fully saturated rings. The van der Waals surface area contributed by atoms with Gasteiger partial charge in [0.15, 0.2) is 0 Å². The van der Waals surface area contributed by atoms with Crippen LogP contribution in [0.15, 0.2) is 36.5 Å². The Balaban J connectivity index is 1.60. The highest BCUT2D eigenvalue weighted by atomic mass is 32.1. The molecule has 0 saturated carbocycles. The van der Waals surface area contributed by atoms with Gasteiger partial charge in [0, 0.05) is 12.8 Å². The predicted molar refractivity (Wildman–Crippen MR) is 91.9 cm³/mol. The van der Waals surface area contributed by atoms with Crippen LogP contribution in [0.1, 0.15) is 31.2 Å². The molecule has 2 heterocycles. The molecule has 2 aromatic rings. The second-order valence-electron chi connectivity index (χ2n) is 6.27. The minimum absolute atomic E-state index is 0.161. The number of aliphatic hydroxyl groups excluding tert-OH is 1. The summed E-state index contributed by atoms with van der Waals surface area (Å²) in [7, 11) is 0. The minimum Gasteiger partial charge on any atom is -0.396 e. The number of nitrogens with zero attached hydrogens (tertiary/aromatic N) is 2. The number of aliphatic hydroxyl groups is 1. The monoisotopic (exact) mass is 316 g/mol. The molecule has 22 heavy (non-hydrogen) atoms. The quantitative estimate of drug-likeness (QED) is 0.911. The van der Waals surface area contributed by atoms with Crippen molar-refractivity contribution in [2.45, 2.75) is 32.7 Å². The lowest BCUT2D eigenvalue weighted by Gasteiger charge is -2.39. The fourth-order valence-corrected chi connectivity index (χ4v) is 4.09. The molecule has 4 heteroatoms. The van der Waals surface area contributed by atoms with Gasteiger partial charge in [-0.3, -0.25) is 4.90 Å². The normalized spacial score (nSPS) is 18.5. The molecule has 3 nitrogen and oxygen atoms in total. The topological polar surface area (TPSA) is 36.4 Å². The number of hydrogen-bond acceptors (Lipinski definition) is 4. The first-order chi connectivity index (χ1) is 10.7. The van der Waals surface area contributed by atoms with Crippen LogP contribution in [0, 0.1) is 5.41 Å². The first-order valence-corrected chi connectivity index (χ1v) is 8.90. The van der Waals surface area contributed by atoms with Crippen LogP contribution in [-0.4, -0.2) is 34.7 Å². The van der Waals surface area contributed by atoms with Crippen molar-refractivity contribution in [3.63, 3.8) is 0 Å². The van der Waals surface area contributed by atoms with E-state index in [1.807, 2.05) is 12.3 Å². The van der Waals surface area contributed by atoms with Gasteiger partial charge < -0.3 is 5.11 Å². The second kappa shape index (κ2) is 6.90. The van der Waals surface area contributed by atoms with Gasteiger partial charge in [-0.1, -0.05) is 37.3 Å². The molecule has 1 aromatic carbocycles. The molecule has 1 saturated heterocycles. The van der Waals surface area contributed by atoms with Crippen LogP contribution in [0.4, 0.5) is 0 Å². The first-order valence-electron chi connectivity index (χ1n) is 8.08. The van der Waals surface area contributed by atoms with Crippen molar-refractivity contribution in [2.24, 2.45) is 5.41 Å². The minimum atomic E-state index is 0.161. The van der Waals surface area contributed by atoms with Crippen molar-refractivity contribution in [3.8, 4) is 10.4 Å². The summed E-state index contributed by atoms with van der Waals surface area (Å²) in [4.78, 5) is 8.30. The third kappa shape index (κ3) is 3.40. The molecule has 0 unspecified atom stereocenters. The van der Waals surface area contributed by atoms with Gasteiger partial charge in [0.05, 0.1) is 11.4 Å². The van der Waals surface area contributed by atoms with E-state index in [2.05, 4.69) is 41.1 Å². The Labute approximate surface area is 136 Å². The van der Waals surface area contributed by atoms with Crippen molar-refractivity contribution >= 4 is 11.3 Å². The molecule has 0 atom stereocenters. The van der Waals surface area contributed by atoms with E-state index in [0.29, 0.717) is 6.61 Å². The summed E-state index contributed by atoms with van der Waals surface area (Å²) in [6.07, 6.45) is 5.25. The highest BCUT2D eigenvalue weighted by Crippen LogP contribution is 2.35. The molecule has 1 N–H and O–H groups in total. The molecule has 1 aromatic heterocycles. The van der Waals surface area contributed by atoms with E-state index in [0.717, 1.165) is 38.9 Å². The van der Waals surface area contributed by atoms with Gasteiger partial charge in [-0.15, -0.1) is 11.3 Å². The maximum atomic E-state index is 9.62. The van der Waals surface area contributed by atoms with Crippen LogP contribution in [-0.2, 0) is 6.54 Å². The van der Waals surface area contributed by atoms with E-state index in [1.165, 1.54) is 15.4 Å². The van der Waals surface area contributed by atoms with Crippen molar-refractivity contribution in [1.29, 1.82) is 0 Å². The summed E-state index contributed by atoms with van der Waals surface area (Å²) in [5.74, 6) is 0. The molecule has 1 aliphatic heterocycles. The number of likely N-dealkylation sites (tertiary alicyclic amines) is 1.